The number of rotatable bonds is 6. The molecule has 1 aromatic heterocycles. The second-order valence-corrected chi connectivity index (χ2v) is 4.30. The monoisotopic (exact) mass is 261 g/mol. The summed E-state index contributed by atoms with van der Waals surface area (Å²) in [5.41, 5.74) is 1.13. The van der Waals surface area contributed by atoms with Crippen LogP contribution in [0.4, 0.5) is 0 Å². The highest BCUT2D eigenvalue weighted by Gasteiger charge is 2.11. The molecule has 0 bridgehead atoms. The van der Waals surface area contributed by atoms with Gasteiger partial charge in [-0.3, -0.25) is 0 Å². The zero-order valence-electron chi connectivity index (χ0n) is 11.5. The number of hydrogen-bond donors (Lipinski definition) is 1. The van der Waals surface area contributed by atoms with Crippen molar-refractivity contribution in [1.82, 2.24) is 15.5 Å². The van der Waals surface area contributed by atoms with Crippen LogP contribution in [0.15, 0.2) is 28.8 Å². The van der Waals surface area contributed by atoms with Crippen molar-refractivity contribution in [2.45, 2.75) is 33.4 Å². The normalized spacial score (nSPS) is 12.4. The molecule has 0 aliphatic heterocycles. The van der Waals surface area contributed by atoms with Gasteiger partial charge in [-0.05, 0) is 19.9 Å². The number of nitrogens with zero attached hydrogens (tertiary/aromatic N) is 2. The average Bonchev–Trinajstić information content (AvgIpc) is 2.83. The summed E-state index contributed by atoms with van der Waals surface area (Å²) in [4.78, 5) is 4.16. The molecule has 0 radical (unpaired) electrons. The SMILES string of the molecule is CCOc1ccccc1C(C)NCc1noc(C)n1. The van der Waals surface area contributed by atoms with Crippen LogP contribution in [0.25, 0.3) is 0 Å². The first-order chi connectivity index (χ1) is 9.20. The maximum atomic E-state index is 5.62. The van der Waals surface area contributed by atoms with Gasteiger partial charge in [0.05, 0.1) is 13.2 Å². The van der Waals surface area contributed by atoms with Crippen molar-refractivity contribution in [3.8, 4) is 5.75 Å². The Kier molecular flexibility index (Phi) is 4.52. The van der Waals surface area contributed by atoms with Crippen LogP contribution >= 0.6 is 0 Å². The fraction of sp³-hybridized carbons (Fsp3) is 0.429. The Labute approximate surface area is 113 Å². The molecule has 0 fully saturated rings. The van der Waals surface area contributed by atoms with E-state index in [1.165, 1.54) is 0 Å². The summed E-state index contributed by atoms with van der Waals surface area (Å²) in [5.74, 6) is 2.16. The third kappa shape index (κ3) is 3.54. The lowest BCUT2D eigenvalue weighted by Crippen LogP contribution is -2.19. The topological polar surface area (TPSA) is 60.2 Å². The fourth-order valence-corrected chi connectivity index (χ4v) is 1.89. The molecule has 2 aromatic rings. The van der Waals surface area contributed by atoms with Crippen molar-refractivity contribution in [2.75, 3.05) is 6.61 Å². The Hall–Kier alpha value is -1.88. The molecule has 0 saturated carbocycles. The Morgan fingerprint density at radius 3 is 2.84 bits per heavy atom. The summed E-state index contributed by atoms with van der Waals surface area (Å²) in [7, 11) is 0. The molecule has 0 aliphatic rings. The van der Waals surface area contributed by atoms with Gasteiger partial charge in [0.25, 0.3) is 0 Å². The van der Waals surface area contributed by atoms with Crippen molar-refractivity contribution in [3.05, 3.63) is 41.5 Å². The number of ether oxygens (including phenoxy) is 1. The largest absolute Gasteiger partial charge is 0.494 e. The van der Waals surface area contributed by atoms with Crippen molar-refractivity contribution >= 4 is 0 Å². The van der Waals surface area contributed by atoms with Crippen LogP contribution in [0, 0.1) is 6.92 Å². The maximum Gasteiger partial charge on any atom is 0.223 e. The molecule has 0 aliphatic carbocycles. The fourth-order valence-electron chi connectivity index (χ4n) is 1.89. The van der Waals surface area contributed by atoms with Gasteiger partial charge in [0.2, 0.25) is 5.89 Å². The average molecular weight is 261 g/mol. The van der Waals surface area contributed by atoms with Crippen LogP contribution in [0.5, 0.6) is 5.75 Å². The number of nitrogens with one attached hydrogen (secondary N) is 1. The van der Waals surface area contributed by atoms with Gasteiger partial charge >= 0.3 is 0 Å². The summed E-state index contributed by atoms with van der Waals surface area (Å²) in [6.07, 6.45) is 0. The molecule has 1 N–H and O–H groups in total. The van der Waals surface area contributed by atoms with Gasteiger partial charge in [-0.25, -0.2) is 0 Å². The van der Waals surface area contributed by atoms with Gasteiger partial charge in [0.15, 0.2) is 5.82 Å². The molecule has 1 atom stereocenters. The second kappa shape index (κ2) is 6.33. The Morgan fingerprint density at radius 2 is 2.16 bits per heavy atom. The van der Waals surface area contributed by atoms with Crippen LogP contribution < -0.4 is 10.1 Å². The molecule has 1 unspecified atom stereocenters. The summed E-state index contributed by atoms with van der Waals surface area (Å²) in [6, 6.07) is 8.18. The molecule has 1 aromatic carbocycles. The zero-order chi connectivity index (χ0) is 13.7. The van der Waals surface area contributed by atoms with Crippen LogP contribution in [0.3, 0.4) is 0 Å². The smallest absolute Gasteiger partial charge is 0.223 e. The highest BCUT2D eigenvalue weighted by molar-refractivity contribution is 5.35. The van der Waals surface area contributed by atoms with E-state index in [9.17, 15) is 0 Å². The molecular weight excluding hydrogens is 242 g/mol. The van der Waals surface area contributed by atoms with E-state index < -0.39 is 0 Å². The molecule has 0 spiro atoms. The van der Waals surface area contributed by atoms with Crippen molar-refractivity contribution in [2.24, 2.45) is 0 Å². The minimum absolute atomic E-state index is 0.154. The number of benzene rings is 1. The predicted octanol–water partition coefficient (Wildman–Crippen LogP) is 2.63. The van der Waals surface area contributed by atoms with E-state index in [4.69, 9.17) is 9.26 Å². The highest BCUT2D eigenvalue weighted by Crippen LogP contribution is 2.24. The Balaban J connectivity index is 2.01. The quantitative estimate of drug-likeness (QED) is 0.866. The van der Waals surface area contributed by atoms with Gasteiger partial charge in [-0.15, -0.1) is 0 Å². The highest BCUT2D eigenvalue weighted by atomic mass is 16.5. The summed E-state index contributed by atoms with van der Waals surface area (Å²) >= 11 is 0. The van der Waals surface area contributed by atoms with Crippen LogP contribution in [0.1, 0.15) is 37.2 Å². The summed E-state index contributed by atoms with van der Waals surface area (Å²) < 4.78 is 10.6. The van der Waals surface area contributed by atoms with Gasteiger partial charge in [-0.1, -0.05) is 23.4 Å². The van der Waals surface area contributed by atoms with Crippen LogP contribution in [-0.2, 0) is 6.54 Å². The standard InChI is InChI=1S/C14H19N3O2/c1-4-18-13-8-6-5-7-12(13)10(2)15-9-14-16-11(3)19-17-14/h5-8,10,15H,4,9H2,1-3H3. The second-order valence-electron chi connectivity index (χ2n) is 4.30. The first-order valence-corrected chi connectivity index (χ1v) is 6.45. The lowest BCUT2D eigenvalue weighted by molar-refractivity contribution is 0.332. The van der Waals surface area contributed by atoms with Crippen molar-refractivity contribution in [1.29, 1.82) is 0 Å². The number of aryl methyl sites for hydroxylation is 1. The predicted molar refractivity (Wildman–Crippen MR) is 71.9 cm³/mol. The lowest BCUT2D eigenvalue weighted by atomic mass is 10.1. The van der Waals surface area contributed by atoms with Gasteiger partial charge in [0, 0.05) is 18.5 Å². The molecule has 5 heteroatoms. The third-order valence-corrected chi connectivity index (χ3v) is 2.82. The summed E-state index contributed by atoms with van der Waals surface area (Å²) in [6.45, 7) is 7.08. The van der Waals surface area contributed by atoms with Gasteiger partial charge in [0.1, 0.15) is 5.75 Å². The minimum Gasteiger partial charge on any atom is -0.494 e. The van der Waals surface area contributed by atoms with E-state index in [-0.39, 0.29) is 6.04 Å². The number of hydrogen-bond acceptors (Lipinski definition) is 5. The minimum atomic E-state index is 0.154. The molecule has 2 rings (SSSR count). The van der Waals surface area contributed by atoms with Crippen molar-refractivity contribution in [3.63, 3.8) is 0 Å². The van der Waals surface area contributed by atoms with Crippen LogP contribution in [0.2, 0.25) is 0 Å². The number of aromatic nitrogens is 2. The molecule has 0 amide bonds. The zero-order valence-corrected chi connectivity index (χ0v) is 11.5. The van der Waals surface area contributed by atoms with Gasteiger partial charge < -0.3 is 14.6 Å². The Morgan fingerprint density at radius 1 is 1.37 bits per heavy atom. The molecule has 0 saturated heterocycles. The van der Waals surface area contributed by atoms with E-state index >= 15 is 0 Å². The molecular formula is C14H19N3O2. The van der Waals surface area contributed by atoms with Crippen molar-refractivity contribution < 1.29 is 9.26 Å². The van der Waals surface area contributed by atoms with E-state index in [2.05, 4.69) is 28.4 Å². The molecule has 1 heterocycles. The molecule has 19 heavy (non-hydrogen) atoms. The third-order valence-electron chi connectivity index (χ3n) is 2.82. The summed E-state index contributed by atoms with van der Waals surface area (Å²) in [5, 5.41) is 7.22. The molecule has 5 nitrogen and oxygen atoms in total. The Bertz CT molecular complexity index is 525. The lowest BCUT2D eigenvalue weighted by Gasteiger charge is -2.17. The van der Waals surface area contributed by atoms with Crippen LogP contribution in [-0.4, -0.2) is 16.7 Å². The van der Waals surface area contributed by atoms with E-state index in [0.29, 0.717) is 24.9 Å². The van der Waals surface area contributed by atoms with E-state index in [0.717, 1.165) is 11.3 Å². The van der Waals surface area contributed by atoms with E-state index in [1.807, 2.05) is 25.1 Å². The maximum absolute atomic E-state index is 5.62. The first kappa shape index (κ1) is 13.5. The van der Waals surface area contributed by atoms with Gasteiger partial charge in [-0.2, -0.15) is 4.98 Å². The number of para-hydroxylation sites is 1. The molecule has 102 valence electrons. The first-order valence-electron chi connectivity index (χ1n) is 6.45. The van der Waals surface area contributed by atoms with E-state index in [1.54, 1.807) is 6.92 Å².